The van der Waals surface area contributed by atoms with Gasteiger partial charge in [0.2, 0.25) is 0 Å². The molecule has 0 atom stereocenters. The highest BCUT2D eigenvalue weighted by Gasteiger charge is 2.06. The summed E-state index contributed by atoms with van der Waals surface area (Å²) in [7, 11) is 0. The Hall–Kier alpha value is -1.30. The summed E-state index contributed by atoms with van der Waals surface area (Å²) in [6.07, 6.45) is 2.00. The lowest BCUT2D eigenvalue weighted by Crippen LogP contribution is -2.26. The molecule has 0 bridgehead atoms. The molecule has 0 aliphatic carbocycles. The maximum absolute atomic E-state index is 11.5. The maximum Gasteiger partial charge on any atom is 0.271 e. The minimum absolute atomic E-state index is 0.176. The van der Waals surface area contributed by atoms with Gasteiger partial charge in [-0.1, -0.05) is 0 Å². The summed E-state index contributed by atoms with van der Waals surface area (Å²) in [4.78, 5) is 11.5. The highest BCUT2D eigenvalue weighted by molar-refractivity contribution is 7.98. The highest BCUT2D eigenvalue weighted by atomic mass is 32.2. The van der Waals surface area contributed by atoms with Gasteiger partial charge in [0.05, 0.1) is 0 Å². The van der Waals surface area contributed by atoms with Crippen LogP contribution in [0.2, 0.25) is 0 Å². The molecule has 0 radical (unpaired) electrons. The van der Waals surface area contributed by atoms with Crippen LogP contribution in [-0.2, 0) is 0 Å². The third kappa shape index (κ3) is 4.06. The summed E-state index contributed by atoms with van der Waals surface area (Å²) in [6, 6.07) is 3.42. The summed E-state index contributed by atoms with van der Waals surface area (Å²) in [5.41, 5.74) is 0.350. The number of nitrogens with one attached hydrogen (secondary N) is 2. The van der Waals surface area contributed by atoms with Gasteiger partial charge in [-0.15, -0.1) is 10.2 Å². The Labute approximate surface area is 99.4 Å². The molecule has 0 saturated heterocycles. The quantitative estimate of drug-likeness (QED) is 0.726. The number of rotatable bonds is 6. The van der Waals surface area contributed by atoms with E-state index < -0.39 is 0 Å². The number of nitrogens with zero attached hydrogens (tertiary/aromatic N) is 2. The van der Waals surface area contributed by atoms with E-state index in [9.17, 15) is 4.79 Å². The largest absolute Gasteiger partial charge is 0.369 e. The van der Waals surface area contributed by atoms with E-state index in [4.69, 9.17) is 0 Å². The van der Waals surface area contributed by atoms with Crippen molar-refractivity contribution in [3.05, 3.63) is 17.8 Å². The molecule has 1 amide bonds. The molecule has 0 unspecified atom stereocenters. The number of amides is 1. The number of anilines is 1. The van der Waals surface area contributed by atoms with Crippen molar-refractivity contribution in [1.82, 2.24) is 15.5 Å². The average Bonchev–Trinajstić information content (AvgIpc) is 2.30. The van der Waals surface area contributed by atoms with Crippen LogP contribution in [0.1, 0.15) is 17.4 Å². The van der Waals surface area contributed by atoms with E-state index in [2.05, 4.69) is 20.8 Å². The zero-order valence-corrected chi connectivity index (χ0v) is 10.3. The van der Waals surface area contributed by atoms with E-state index in [0.29, 0.717) is 18.1 Å². The molecule has 0 fully saturated rings. The van der Waals surface area contributed by atoms with Gasteiger partial charge < -0.3 is 10.6 Å². The van der Waals surface area contributed by atoms with Crippen molar-refractivity contribution in [2.75, 3.05) is 30.4 Å². The lowest BCUT2D eigenvalue weighted by Gasteiger charge is -2.04. The molecule has 6 heteroatoms. The Bertz CT molecular complexity index is 328. The van der Waals surface area contributed by atoms with Crippen molar-refractivity contribution in [2.24, 2.45) is 0 Å². The van der Waals surface area contributed by atoms with E-state index in [1.807, 2.05) is 13.2 Å². The van der Waals surface area contributed by atoms with Gasteiger partial charge in [0.25, 0.3) is 5.91 Å². The van der Waals surface area contributed by atoms with Crippen molar-refractivity contribution < 1.29 is 4.79 Å². The molecule has 16 heavy (non-hydrogen) atoms. The monoisotopic (exact) mass is 240 g/mol. The topological polar surface area (TPSA) is 66.9 Å². The fraction of sp³-hybridized carbons (Fsp3) is 0.500. The summed E-state index contributed by atoms with van der Waals surface area (Å²) in [5, 5.41) is 13.5. The second-order valence-electron chi connectivity index (χ2n) is 3.08. The smallest absolute Gasteiger partial charge is 0.271 e. The van der Waals surface area contributed by atoms with Crippen LogP contribution >= 0.6 is 11.8 Å². The maximum atomic E-state index is 11.5. The molecule has 1 aromatic heterocycles. The Morgan fingerprint density at radius 3 is 2.81 bits per heavy atom. The highest BCUT2D eigenvalue weighted by Crippen LogP contribution is 2.01. The zero-order valence-electron chi connectivity index (χ0n) is 9.49. The van der Waals surface area contributed by atoms with Gasteiger partial charge >= 0.3 is 0 Å². The van der Waals surface area contributed by atoms with Crippen LogP contribution in [0.4, 0.5) is 5.82 Å². The minimum Gasteiger partial charge on any atom is -0.369 e. The summed E-state index contributed by atoms with van der Waals surface area (Å²) >= 11 is 1.69. The van der Waals surface area contributed by atoms with Crippen LogP contribution in [0.25, 0.3) is 0 Å². The molecule has 0 aromatic carbocycles. The van der Waals surface area contributed by atoms with Gasteiger partial charge in [0.1, 0.15) is 5.82 Å². The van der Waals surface area contributed by atoms with Gasteiger partial charge in [-0.3, -0.25) is 4.79 Å². The number of carbonyl (C=O) groups is 1. The fourth-order valence-electron chi connectivity index (χ4n) is 1.09. The number of hydrogen-bond acceptors (Lipinski definition) is 5. The molecule has 1 heterocycles. The number of aromatic nitrogens is 2. The standard InChI is InChI=1S/C10H16N4OS/c1-3-11-9-5-4-8(13-14-9)10(15)12-6-7-16-2/h4-5H,3,6-7H2,1-2H3,(H,11,14)(H,12,15). The van der Waals surface area contributed by atoms with E-state index in [1.54, 1.807) is 23.9 Å². The first-order chi connectivity index (χ1) is 7.77. The third-order valence-corrected chi connectivity index (χ3v) is 2.46. The van der Waals surface area contributed by atoms with Crippen molar-refractivity contribution >= 4 is 23.5 Å². The van der Waals surface area contributed by atoms with E-state index in [1.165, 1.54) is 0 Å². The van der Waals surface area contributed by atoms with Crippen molar-refractivity contribution in [1.29, 1.82) is 0 Å². The molecule has 1 aromatic rings. The fourth-order valence-corrected chi connectivity index (χ4v) is 1.39. The number of thioether (sulfide) groups is 1. The summed E-state index contributed by atoms with van der Waals surface area (Å²) in [5.74, 6) is 1.40. The molecular weight excluding hydrogens is 224 g/mol. The predicted octanol–water partition coefficient (Wildman–Crippen LogP) is 1.00. The van der Waals surface area contributed by atoms with Crippen molar-refractivity contribution in [3.63, 3.8) is 0 Å². The lowest BCUT2D eigenvalue weighted by molar-refractivity contribution is 0.0950. The van der Waals surface area contributed by atoms with Crippen LogP contribution in [-0.4, -0.2) is 41.2 Å². The predicted molar refractivity (Wildman–Crippen MR) is 66.9 cm³/mol. The van der Waals surface area contributed by atoms with Crippen LogP contribution in [0, 0.1) is 0 Å². The molecular formula is C10H16N4OS. The molecule has 0 aliphatic heterocycles. The molecule has 5 nitrogen and oxygen atoms in total. The molecule has 0 spiro atoms. The Balaban J connectivity index is 2.49. The van der Waals surface area contributed by atoms with Gasteiger partial charge in [-0.2, -0.15) is 11.8 Å². The molecule has 88 valence electrons. The van der Waals surface area contributed by atoms with Crippen LogP contribution in [0.3, 0.4) is 0 Å². The van der Waals surface area contributed by atoms with E-state index >= 15 is 0 Å². The Morgan fingerprint density at radius 2 is 2.25 bits per heavy atom. The normalized spacial score (nSPS) is 9.88. The third-order valence-electron chi connectivity index (χ3n) is 1.85. The summed E-state index contributed by atoms with van der Waals surface area (Å²) in [6.45, 7) is 3.41. The first-order valence-electron chi connectivity index (χ1n) is 5.12. The van der Waals surface area contributed by atoms with Crippen molar-refractivity contribution in [2.45, 2.75) is 6.92 Å². The van der Waals surface area contributed by atoms with Gasteiger partial charge in [-0.05, 0) is 25.3 Å². The first-order valence-corrected chi connectivity index (χ1v) is 6.52. The van der Waals surface area contributed by atoms with Gasteiger partial charge in [-0.25, -0.2) is 0 Å². The summed E-state index contributed by atoms with van der Waals surface area (Å²) < 4.78 is 0. The minimum atomic E-state index is -0.176. The van der Waals surface area contributed by atoms with Crippen LogP contribution < -0.4 is 10.6 Å². The number of carbonyl (C=O) groups excluding carboxylic acids is 1. The Kier molecular flexibility index (Phi) is 5.63. The Morgan fingerprint density at radius 1 is 1.44 bits per heavy atom. The molecule has 0 aliphatic rings. The van der Waals surface area contributed by atoms with Crippen LogP contribution in [0.5, 0.6) is 0 Å². The van der Waals surface area contributed by atoms with Gasteiger partial charge in [0, 0.05) is 18.8 Å². The second-order valence-corrected chi connectivity index (χ2v) is 4.07. The second kappa shape index (κ2) is 7.05. The molecule has 0 saturated carbocycles. The first kappa shape index (κ1) is 12.8. The lowest BCUT2D eigenvalue weighted by atomic mass is 10.3. The molecule has 1 rings (SSSR count). The molecule has 2 N–H and O–H groups in total. The van der Waals surface area contributed by atoms with Gasteiger partial charge in [0.15, 0.2) is 5.69 Å². The van der Waals surface area contributed by atoms with E-state index in [0.717, 1.165) is 12.3 Å². The SMILES string of the molecule is CCNc1ccc(C(=O)NCCSC)nn1. The zero-order chi connectivity index (χ0) is 11.8. The van der Waals surface area contributed by atoms with Crippen LogP contribution in [0.15, 0.2) is 12.1 Å². The average molecular weight is 240 g/mol. The van der Waals surface area contributed by atoms with E-state index in [-0.39, 0.29) is 5.91 Å². The number of hydrogen-bond donors (Lipinski definition) is 2. The van der Waals surface area contributed by atoms with Crippen molar-refractivity contribution in [3.8, 4) is 0 Å².